The van der Waals surface area contributed by atoms with Crippen molar-refractivity contribution in [1.29, 1.82) is 0 Å². The zero-order valence-corrected chi connectivity index (χ0v) is 11.3. The van der Waals surface area contributed by atoms with Crippen molar-refractivity contribution >= 4 is 5.97 Å². The summed E-state index contributed by atoms with van der Waals surface area (Å²) in [6.07, 6.45) is 6.64. The van der Waals surface area contributed by atoms with E-state index in [2.05, 4.69) is 13.8 Å². The molecule has 0 fully saturated rings. The molecule has 104 valence electrons. The number of hydrogen-bond acceptors (Lipinski definition) is 4. The average molecular weight is 256 g/mol. The van der Waals surface area contributed by atoms with Crippen LogP contribution in [0.1, 0.15) is 58.8 Å². The molecule has 1 heterocycles. The topological polar surface area (TPSA) is 66.8 Å². The van der Waals surface area contributed by atoms with E-state index in [1.54, 1.807) is 0 Å². The Kier molecular flexibility index (Phi) is 6.02. The monoisotopic (exact) mass is 256 g/mol. The van der Waals surface area contributed by atoms with Crippen LogP contribution in [0.4, 0.5) is 0 Å². The van der Waals surface area contributed by atoms with Gasteiger partial charge in [-0.2, -0.15) is 0 Å². The molecule has 0 saturated carbocycles. The first-order valence-corrected chi connectivity index (χ1v) is 6.94. The molecule has 4 heteroatoms. The van der Waals surface area contributed by atoms with Crippen LogP contribution in [0, 0.1) is 5.92 Å². The van der Waals surface area contributed by atoms with E-state index in [1.165, 1.54) is 0 Å². The molecule has 2 N–H and O–H groups in total. The predicted molar refractivity (Wildman–Crippen MR) is 69.3 cm³/mol. The molecule has 0 radical (unpaired) electrons. The van der Waals surface area contributed by atoms with Crippen LogP contribution in [0.3, 0.4) is 0 Å². The molecule has 18 heavy (non-hydrogen) atoms. The molecule has 0 amide bonds. The van der Waals surface area contributed by atoms with E-state index < -0.39 is 17.8 Å². The molecule has 0 bridgehead atoms. The molecule has 2 unspecified atom stereocenters. The maximum atomic E-state index is 11.2. The van der Waals surface area contributed by atoms with Gasteiger partial charge in [-0.1, -0.05) is 46.0 Å². The van der Waals surface area contributed by atoms with Gasteiger partial charge in [-0.15, -0.1) is 0 Å². The van der Waals surface area contributed by atoms with Gasteiger partial charge in [0.25, 0.3) is 0 Å². The number of aliphatic hydroxyl groups excluding tert-OH is 2. The van der Waals surface area contributed by atoms with Gasteiger partial charge in [0.2, 0.25) is 5.76 Å². The van der Waals surface area contributed by atoms with Gasteiger partial charge in [0.15, 0.2) is 11.9 Å². The summed E-state index contributed by atoms with van der Waals surface area (Å²) < 4.78 is 5.06. The summed E-state index contributed by atoms with van der Waals surface area (Å²) in [6, 6.07) is 0. The number of ether oxygens (including phenoxy) is 1. The third kappa shape index (κ3) is 3.65. The lowest BCUT2D eigenvalue weighted by Crippen LogP contribution is -2.24. The Balaban J connectivity index is 2.62. The summed E-state index contributed by atoms with van der Waals surface area (Å²) in [4.78, 5) is 11.2. The summed E-state index contributed by atoms with van der Waals surface area (Å²) in [5, 5.41) is 19.1. The van der Waals surface area contributed by atoms with Crippen LogP contribution in [0.2, 0.25) is 0 Å². The molecular formula is C14H24O4. The van der Waals surface area contributed by atoms with Crippen LogP contribution in [0.15, 0.2) is 11.5 Å². The third-order valence-corrected chi connectivity index (χ3v) is 3.47. The number of cyclic esters (lactones) is 1. The predicted octanol–water partition coefficient (Wildman–Crippen LogP) is 3.63. The summed E-state index contributed by atoms with van der Waals surface area (Å²) in [5.41, 5.74) is 0. The zero-order chi connectivity index (χ0) is 13.5. The van der Waals surface area contributed by atoms with Crippen molar-refractivity contribution in [2.75, 3.05) is 0 Å². The molecule has 2 atom stereocenters. The van der Waals surface area contributed by atoms with Crippen molar-refractivity contribution in [3.63, 3.8) is 0 Å². The minimum atomic E-state index is -0.797. The van der Waals surface area contributed by atoms with E-state index in [9.17, 15) is 15.0 Å². The minimum absolute atomic E-state index is 0.116. The first kappa shape index (κ1) is 14.9. The molecule has 1 aliphatic rings. The number of unbranched alkanes of at least 4 members (excludes halogenated alkanes) is 3. The first-order valence-electron chi connectivity index (χ1n) is 6.94. The molecule has 0 aliphatic carbocycles. The third-order valence-electron chi connectivity index (χ3n) is 3.47. The molecule has 0 aromatic carbocycles. The van der Waals surface area contributed by atoms with Crippen molar-refractivity contribution in [3.05, 3.63) is 11.5 Å². The fourth-order valence-electron chi connectivity index (χ4n) is 2.36. The smallest absolute Gasteiger partial charge is 0.377 e. The number of esters is 1. The van der Waals surface area contributed by atoms with Crippen molar-refractivity contribution in [3.8, 4) is 0 Å². The normalized spacial score (nSPS) is 21.2. The average Bonchev–Trinajstić information content (AvgIpc) is 2.61. The van der Waals surface area contributed by atoms with E-state index in [0.29, 0.717) is 0 Å². The number of aliphatic hydroxyl groups is 2. The zero-order valence-electron chi connectivity index (χ0n) is 11.3. The fraction of sp³-hybridized carbons (Fsp3) is 0.786. The van der Waals surface area contributed by atoms with Gasteiger partial charge >= 0.3 is 5.97 Å². The number of rotatable bonds is 8. The highest BCUT2D eigenvalue weighted by molar-refractivity contribution is 5.89. The van der Waals surface area contributed by atoms with Gasteiger partial charge in [0, 0.05) is 5.92 Å². The molecule has 0 aromatic rings. The SMILES string of the molecule is CCCCCC(CCCC)C1OC(=O)C(O)=C1O. The first-order chi connectivity index (χ1) is 8.61. The number of hydrogen-bond donors (Lipinski definition) is 2. The molecule has 0 saturated heterocycles. The Bertz CT molecular complexity index is 309. The number of carbonyl (C=O) groups is 1. The highest BCUT2D eigenvalue weighted by atomic mass is 16.6. The van der Waals surface area contributed by atoms with Crippen molar-refractivity contribution < 1.29 is 19.7 Å². The summed E-state index contributed by atoms with van der Waals surface area (Å²) in [5.74, 6) is -1.57. The largest absolute Gasteiger partial charge is 0.505 e. The maximum absolute atomic E-state index is 11.2. The van der Waals surface area contributed by atoms with Crippen LogP contribution in [-0.4, -0.2) is 22.3 Å². The Labute approximate surface area is 109 Å². The van der Waals surface area contributed by atoms with Crippen molar-refractivity contribution in [1.82, 2.24) is 0 Å². The standard InChI is InChI=1S/C14H24O4/c1-3-5-7-9-10(8-6-4-2)13-11(15)12(16)14(17)18-13/h10,13,15-16H,3-9H2,1-2H3. The van der Waals surface area contributed by atoms with Gasteiger partial charge < -0.3 is 14.9 Å². The fourth-order valence-corrected chi connectivity index (χ4v) is 2.36. The van der Waals surface area contributed by atoms with Crippen LogP contribution < -0.4 is 0 Å². The highest BCUT2D eigenvalue weighted by Gasteiger charge is 2.38. The quantitative estimate of drug-likeness (QED) is 0.514. The Hall–Kier alpha value is -1.19. The second-order valence-corrected chi connectivity index (χ2v) is 4.96. The lowest BCUT2D eigenvalue weighted by Gasteiger charge is -2.22. The van der Waals surface area contributed by atoms with Crippen LogP contribution in [-0.2, 0) is 9.53 Å². The molecule has 1 aliphatic heterocycles. The van der Waals surface area contributed by atoms with Crippen LogP contribution in [0.25, 0.3) is 0 Å². The molecule has 0 aromatic heterocycles. The maximum Gasteiger partial charge on any atom is 0.377 e. The lowest BCUT2D eigenvalue weighted by atomic mass is 9.89. The highest BCUT2D eigenvalue weighted by Crippen LogP contribution is 2.31. The summed E-state index contributed by atoms with van der Waals surface area (Å²) in [7, 11) is 0. The van der Waals surface area contributed by atoms with Gasteiger partial charge in [-0.05, 0) is 12.8 Å². The molecule has 0 spiro atoms. The minimum Gasteiger partial charge on any atom is -0.505 e. The Morgan fingerprint density at radius 3 is 2.22 bits per heavy atom. The summed E-state index contributed by atoms with van der Waals surface area (Å²) in [6.45, 7) is 4.25. The van der Waals surface area contributed by atoms with Gasteiger partial charge in [0.05, 0.1) is 0 Å². The van der Waals surface area contributed by atoms with Gasteiger partial charge in [0.1, 0.15) is 0 Å². The van der Waals surface area contributed by atoms with E-state index in [1.807, 2.05) is 0 Å². The van der Waals surface area contributed by atoms with E-state index >= 15 is 0 Å². The van der Waals surface area contributed by atoms with Crippen LogP contribution in [0.5, 0.6) is 0 Å². The van der Waals surface area contributed by atoms with Gasteiger partial charge in [-0.25, -0.2) is 4.79 Å². The van der Waals surface area contributed by atoms with Crippen LogP contribution >= 0.6 is 0 Å². The van der Waals surface area contributed by atoms with E-state index in [4.69, 9.17) is 4.74 Å². The van der Waals surface area contributed by atoms with Crippen molar-refractivity contribution in [2.45, 2.75) is 64.9 Å². The van der Waals surface area contributed by atoms with E-state index in [-0.39, 0.29) is 11.7 Å². The summed E-state index contributed by atoms with van der Waals surface area (Å²) >= 11 is 0. The van der Waals surface area contributed by atoms with Gasteiger partial charge in [-0.3, -0.25) is 0 Å². The Morgan fingerprint density at radius 2 is 1.72 bits per heavy atom. The van der Waals surface area contributed by atoms with Crippen molar-refractivity contribution in [2.24, 2.45) is 5.92 Å². The van der Waals surface area contributed by atoms with E-state index in [0.717, 1.165) is 44.9 Å². The molecule has 1 rings (SSSR count). The second-order valence-electron chi connectivity index (χ2n) is 4.96. The lowest BCUT2D eigenvalue weighted by molar-refractivity contribution is -0.144. The Morgan fingerprint density at radius 1 is 1.11 bits per heavy atom. The molecular weight excluding hydrogens is 232 g/mol. The second kappa shape index (κ2) is 7.29. The molecule has 4 nitrogen and oxygen atoms in total. The number of carbonyl (C=O) groups excluding carboxylic acids is 1.